The number of amides is 2. The SMILES string of the molecule is CCSC(=S)N(Cc1ccccc1)N1C(=O)c2ccccc2C1=O. The van der Waals surface area contributed by atoms with E-state index in [1.807, 2.05) is 37.3 Å². The van der Waals surface area contributed by atoms with Crippen LogP contribution in [0.4, 0.5) is 0 Å². The molecule has 2 aromatic rings. The van der Waals surface area contributed by atoms with E-state index in [1.165, 1.54) is 16.8 Å². The van der Waals surface area contributed by atoms with Gasteiger partial charge in [0.2, 0.25) is 0 Å². The minimum atomic E-state index is -0.328. The van der Waals surface area contributed by atoms with E-state index in [-0.39, 0.29) is 11.8 Å². The molecule has 0 atom stereocenters. The van der Waals surface area contributed by atoms with Crippen molar-refractivity contribution in [2.75, 3.05) is 5.75 Å². The number of nitrogens with zero attached hydrogens (tertiary/aromatic N) is 2. The normalized spacial score (nSPS) is 13.1. The lowest BCUT2D eigenvalue weighted by Crippen LogP contribution is -2.47. The maximum atomic E-state index is 12.7. The molecule has 1 aliphatic heterocycles. The van der Waals surface area contributed by atoms with Gasteiger partial charge in [0.15, 0.2) is 4.32 Å². The third-order valence-corrected chi connectivity index (χ3v) is 4.98. The van der Waals surface area contributed by atoms with Crippen LogP contribution < -0.4 is 0 Å². The second-order valence-corrected chi connectivity index (χ2v) is 7.11. The van der Waals surface area contributed by atoms with Crippen LogP contribution in [0.25, 0.3) is 0 Å². The van der Waals surface area contributed by atoms with Gasteiger partial charge in [-0.25, -0.2) is 0 Å². The van der Waals surface area contributed by atoms with E-state index in [2.05, 4.69) is 0 Å². The van der Waals surface area contributed by atoms with E-state index < -0.39 is 0 Å². The van der Waals surface area contributed by atoms with Crippen molar-refractivity contribution < 1.29 is 9.59 Å². The number of hydrogen-bond donors (Lipinski definition) is 0. The van der Waals surface area contributed by atoms with Gasteiger partial charge in [0.25, 0.3) is 11.8 Å². The number of carbonyl (C=O) groups excluding carboxylic acids is 2. The van der Waals surface area contributed by atoms with E-state index in [4.69, 9.17) is 12.2 Å². The zero-order chi connectivity index (χ0) is 17.1. The Balaban J connectivity index is 1.96. The fraction of sp³-hybridized carbons (Fsp3) is 0.167. The Morgan fingerprint density at radius 3 is 2.08 bits per heavy atom. The van der Waals surface area contributed by atoms with Crippen molar-refractivity contribution in [3.63, 3.8) is 0 Å². The summed E-state index contributed by atoms with van der Waals surface area (Å²) < 4.78 is 0.510. The number of fused-ring (bicyclic) bond motifs is 1. The molecule has 1 heterocycles. The molecule has 2 amide bonds. The topological polar surface area (TPSA) is 40.6 Å². The fourth-order valence-corrected chi connectivity index (χ4v) is 3.61. The zero-order valence-electron chi connectivity index (χ0n) is 13.1. The Morgan fingerprint density at radius 2 is 1.54 bits per heavy atom. The summed E-state index contributed by atoms with van der Waals surface area (Å²) in [6.07, 6.45) is 0. The van der Waals surface area contributed by atoms with Gasteiger partial charge in [-0.3, -0.25) is 14.6 Å². The number of thiocarbonyl (C=S) groups is 1. The van der Waals surface area contributed by atoms with Gasteiger partial charge in [0.05, 0.1) is 17.7 Å². The Morgan fingerprint density at radius 1 is 1.00 bits per heavy atom. The lowest BCUT2D eigenvalue weighted by molar-refractivity contribution is 0.0290. The summed E-state index contributed by atoms with van der Waals surface area (Å²) in [5.41, 5.74) is 1.82. The Kier molecular flexibility index (Phi) is 4.97. The molecule has 0 aliphatic carbocycles. The molecule has 0 bridgehead atoms. The highest BCUT2D eigenvalue weighted by molar-refractivity contribution is 8.22. The predicted molar refractivity (Wildman–Crippen MR) is 99.7 cm³/mol. The highest BCUT2D eigenvalue weighted by Gasteiger charge is 2.40. The smallest absolute Gasteiger partial charge is 0.267 e. The minimum absolute atomic E-state index is 0.328. The summed E-state index contributed by atoms with van der Waals surface area (Å²) >= 11 is 6.91. The number of hydrogen-bond acceptors (Lipinski definition) is 4. The van der Waals surface area contributed by atoms with Crippen molar-refractivity contribution in [3.05, 3.63) is 71.3 Å². The molecule has 0 saturated carbocycles. The summed E-state index contributed by atoms with van der Waals surface area (Å²) in [6, 6.07) is 16.5. The minimum Gasteiger partial charge on any atom is -0.267 e. The summed E-state index contributed by atoms with van der Waals surface area (Å²) in [7, 11) is 0. The van der Waals surface area contributed by atoms with E-state index in [1.54, 1.807) is 29.3 Å². The quantitative estimate of drug-likeness (QED) is 0.617. The van der Waals surface area contributed by atoms with Crippen LogP contribution in [0.5, 0.6) is 0 Å². The average molecular weight is 356 g/mol. The molecule has 6 heteroatoms. The van der Waals surface area contributed by atoms with Gasteiger partial charge in [-0.15, -0.1) is 0 Å². The second kappa shape index (κ2) is 7.15. The van der Waals surface area contributed by atoms with Gasteiger partial charge in [0.1, 0.15) is 0 Å². The van der Waals surface area contributed by atoms with Crippen LogP contribution in [0, 0.1) is 0 Å². The molecule has 0 spiro atoms. The molecular formula is C18H16N2O2S2. The van der Waals surface area contributed by atoms with Crippen molar-refractivity contribution in [3.8, 4) is 0 Å². The van der Waals surface area contributed by atoms with Crippen molar-refractivity contribution in [2.45, 2.75) is 13.5 Å². The number of imide groups is 1. The second-order valence-electron chi connectivity index (χ2n) is 5.21. The molecular weight excluding hydrogens is 340 g/mol. The van der Waals surface area contributed by atoms with E-state index in [0.717, 1.165) is 11.3 Å². The maximum Gasteiger partial charge on any atom is 0.280 e. The molecule has 0 aromatic heterocycles. The summed E-state index contributed by atoms with van der Waals surface area (Å²) in [6.45, 7) is 2.36. The highest BCUT2D eigenvalue weighted by Crippen LogP contribution is 2.27. The number of benzene rings is 2. The van der Waals surface area contributed by atoms with Crippen LogP contribution in [0.2, 0.25) is 0 Å². The zero-order valence-corrected chi connectivity index (χ0v) is 14.8. The number of rotatable bonds is 4. The maximum absolute atomic E-state index is 12.7. The Hall–Kier alpha value is -2.18. The summed E-state index contributed by atoms with van der Waals surface area (Å²) in [4.78, 5) is 25.5. The van der Waals surface area contributed by atoms with Gasteiger partial charge < -0.3 is 0 Å². The predicted octanol–water partition coefficient (Wildman–Crippen LogP) is 3.74. The first-order valence-corrected chi connectivity index (χ1v) is 8.98. The largest absolute Gasteiger partial charge is 0.280 e. The van der Waals surface area contributed by atoms with Gasteiger partial charge in [-0.1, -0.05) is 73.4 Å². The molecule has 4 nitrogen and oxygen atoms in total. The lowest BCUT2D eigenvalue weighted by Gasteiger charge is -2.31. The molecule has 2 aromatic carbocycles. The van der Waals surface area contributed by atoms with Crippen LogP contribution in [-0.2, 0) is 6.54 Å². The molecule has 0 N–H and O–H groups in total. The van der Waals surface area contributed by atoms with Crippen LogP contribution >= 0.6 is 24.0 Å². The number of carbonyl (C=O) groups is 2. The number of hydrazine groups is 1. The first-order chi connectivity index (χ1) is 11.6. The van der Waals surface area contributed by atoms with Crippen LogP contribution in [-0.4, -0.2) is 31.9 Å². The van der Waals surface area contributed by atoms with Crippen molar-refractivity contribution in [1.29, 1.82) is 0 Å². The monoisotopic (exact) mass is 356 g/mol. The van der Waals surface area contributed by atoms with Crippen molar-refractivity contribution in [2.24, 2.45) is 0 Å². The molecule has 24 heavy (non-hydrogen) atoms. The highest BCUT2D eigenvalue weighted by atomic mass is 32.2. The first kappa shape index (κ1) is 16.7. The van der Waals surface area contributed by atoms with Gasteiger partial charge in [-0.05, 0) is 23.4 Å². The molecule has 3 rings (SSSR count). The van der Waals surface area contributed by atoms with Gasteiger partial charge in [0, 0.05) is 0 Å². The Bertz CT molecular complexity index is 758. The van der Waals surface area contributed by atoms with Crippen molar-refractivity contribution in [1.82, 2.24) is 10.0 Å². The van der Waals surface area contributed by atoms with E-state index in [9.17, 15) is 9.59 Å². The first-order valence-electron chi connectivity index (χ1n) is 7.59. The summed E-state index contributed by atoms with van der Waals surface area (Å²) in [5, 5.41) is 2.77. The summed E-state index contributed by atoms with van der Waals surface area (Å²) in [5.74, 6) is 0.115. The molecule has 1 aliphatic rings. The van der Waals surface area contributed by atoms with Gasteiger partial charge >= 0.3 is 0 Å². The van der Waals surface area contributed by atoms with Gasteiger partial charge in [-0.2, -0.15) is 5.01 Å². The molecule has 0 fully saturated rings. The average Bonchev–Trinajstić information content (AvgIpc) is 2.86. The third-order valence-electron chi connectivity index (χ3n) is 3.67. The molecule has 0 radical (unpaired) electrons. The van der Waals surface area contributed by atoms with Crippen LogP contribution in [0.3, 0.4) is 0 Å². The lowest BCUT2D eigenvalue weighted by atomic mass is 10.1. The van der Waals surface area contributed by atoms with Crippen molar-refractivity contribution >= 4 is 40.1 Å². The molecule has 0 unspecified atom stereocenters. The Labute approximate surface area is 150 Å². The van der Waals surface area contributed by atoms with E-state index in [0.29, 0.717) is 22.0 Å². The third kappa shape index (κ3) is 3.07. The fourth-order valence-electron chi connectivity index (χ4n) is 2.57. The molecule has 122 valence electrons. The van der Waals surface area contributed by atoms with E-state index >= 15 is 0 Å². The van der Waals surface area contributed by atoms with Crippen LogP contribution in [0.1, 0.15) is 33.2 Å². The molecule has 0 saturated heterocycles. The number of thioether (sulfide) groups is 1. The van der Waals surface area contributed by atoms with Crippen LogP contribution in [0.15, 0.2) is 54.6 Å². The standard InChI is InChI=1S/C18H16N2O2S2/c1-2-24-18(23)19(12-13-8-4-3-5-9-13)20-16(21)14-10-6-7-11-15(14)17(20)22/h3-11H,2,12H2,1H3.